The van der Waals surface area contributed by atoms with Crippen molar-refractivity contribution in [1.82, 2.24) is 5.32 Å². The Morgan fingerprint density at radius 1 is 1.65 bits per heavy atom. The highest BCUT2D eigenvalue weighted by molar-refractivity contribution is 7.98. The number of nitrogens with one attached hydrogen (secondary N) is 1. The van der Waals surface area contributed by atoms with Gasteiger partial charge in [0.25, 0.3) is 5.91 Å². The minimum atomic E-state index is -0.524. The van der Waals surface area contributed by atoms with Crippen LogP contribution in [0.3, 0.4) is 0 Å². The first kappa shape index (κ1) is 12.5. The molecule has 94 valence electrons. The highest BCUT2D eigenvalue weighted by Crippen LogP contribution is 2.39. The summed E-state index contributed by atoms with van der Waals surface area (Å²) in [6.07, 6.45) is 4.01. The normalized spacial score (nSPS) is 18.8. The molecule has 4 nitrogen and oxygen atoms in total. The number of thioether (sulfide) groups is 1. The van der Waals surface area contributed by atoms with Gasteiger partial charge in [0.1, 0.15) is 0 Å². The van der Waals surface area contributed by atoms with E-state index in [9.17, 15) is 9.90 Å². The van der Waals surface area contributed by atoms with Crippen molar-refractivity contribution < 1.29 is 14.3 Å². The number of furan rings is 1. The molecule has 1 aliphatic carbocycles. The lowest BCUT2D eigenvalue weighted by Gasteiger charge is -2.28. The Bertz CT molecular complexity index is 414. The maximum Gasteiger partial charge on any atom is 0.287 e. The van der Waals surface area contributed by atoms with E-state index in [0.29, 0.717) is 16.8 Å². The topological polar surface area (TPSA) is 62.5 Å². The van der Waals surface area contributed by atoms with E-state index in [1.165, 1.54) is 11.8 Å². The van der Waals surface area contributed by atoms with Gasteiger partial charge in [0.15, 0.2) is 10.9 Å². The second kappa shape index (κ2) is 4.74. The Hall–Kier alpha value is -0.940. The summed E-state index contributed by atoms with van der Waals surface area (Å²) in [5.74, 6) is 0.426. The maximum absolute atomic E-state index is 12.0. The molecule has 2 rings (SSSR count). The van der Waals surface area contributed by atoms with Gasteiger partial charge in [-0.1, -0.05) is 11.8 Å². The number of hydrogen-bond donors (Lipinski definition) is 2. The van der Waals surface area contributed by atoms with Crippen molar-refractivity contribution in [3.05, 3.63) is 17.9 Å². The summed E-state index contributed by atoms with van der Waals surface area (Å²) >= 11 is 1.45. The van der Waals surface area contributed by atoms with Crippen LogP contribution in [0.25, 0.3) is 0 Å². The molecule has 0 aromatic carbocycles. The van der Waals surface area contributed by atoms with E-state index in [0.717, 1.165) is 12.8 Å². The number of rotatable bonds is 5. The monoisotopic (exact) mass is 255 g/mol. The van der Waals surface area contributed by atoms with E-state index < -0.39 is 5.54 Å². The van der Waals surface area contributed by atoms with Gasteiger partial charge in [0.05, 0.1) is 12.1 Å². The lowest BCUT2D eigenvalue weighted by atomic mass is 9.97. The molecule has 1 heterocycles. The fourth-order valence-corrected chi connectivity index (χ4v) is 2.24. The Morgan fingerprint density at radius 2 is 2.35 bits per heavy atom. The molecule has 1 atom stereocenters. The molecule has 1 unspecified atom stereocenters. The number of aliphatic hydroxyl groups is 1. The van der Waals surface area contributed by atoms with Crippen LogP contribution < -0.4 is 5.32 Å². The van der Waals surface area contributed by atoms with Gasteiger partial charge >= 0.3 is 0 Å². The first-order valence-electron chi connectivity index (χ1n) is 5.66. The van der Waals surface area contributed by atoms with Crippen LogP contribution in [0.5, 0.6) is 0 Å². The van der Waals surface area contributed by atoms with E-state index >= 15 is 0 Å². The molecule has 5 heteroatoms. The van der Waals surface area contributed by atoms with Gasteiger partial charge in [0, 0.05) is 0 Å². The third-order valence-corrected chi connectivity index (χ3v) is 3.83. The van der Waals surface area contributed by atoms with Gasteiger partial charge in [-0.2, -0.15) is 0 Å². The molecular formula is C12H17NO3S. The zero-order valence-corrected chi connectivity index (χ0v) is 10.8. The average Bonchev–Trinajstić information content (AvgIpc) is 3.07. The van der Waals surface area contributed by atoms with E-state index in [4.69, 9.17) is 4.42 Å². The molecule has 17 heavy (non-hydrogen) atoms. The molecule has 0 spiro atoms. The van der Waals surface area contributed by atoms with Crippen LogP contribution >= 0.6 is 11.8 Å². The molecule has 0 saturated heterocycles. The Labute approximate surface area is 105 Å². The van der Waals surface area contributed by atoms with Crippen molar-refractivity contribution >= 4 is 17.7 Å². The molecule has 1 aromatic heterocycles. The number of carbonyl (C=O) groups excluding carboxylic acids is 1. The minimum absolute atomic E-state index is 0.0422. The molecule has 1 amide bonds. The van der Waals surface area contributed by atoms with E-state index in [1.807, 2.05) is 13.2 Å². The second-order valence-electron chi connectivity index (χ2n) is 4.63. The summed E-state index contributed by atoms with van der Waals surface area (Å²) in [6.45, 7) is 1.83. The summed E-state index contributed by atoms with van der Waals surface area (Å²) < 4.78 is 5.35. The fourth-order valence-electron chi connectivity index (χ4n) is 1.86. The third kappa shape index (κ3) is 2.66. The van der Waals surface area contributed by atoms with Gasteiger partial charge in [-0.15, -0.1) is 0 Å². The van der Waals surface area contributed by atoms with Crippen molar-refractivity contribution in [1.29, 1.82) is 0 Å². The Morgan fingerprint density at radius 3 is 2.82 bits per heavy atom. The van der Waals surface area contributed by atoms with Crippen LogP contribution in [0, 0.1) is 5.92 Å². The fraction of sp³-hybridized carbons (Fsp3) is 0.583. The lowest BCUT2D eigenvalue weighted by Crippen LogP contribution is -2.50. The standard InChI is InChI=1S/C12H17NO3S/c1-12(7-14,8-3-4-8)13-11(15)9-5-6-10(16-9)17-2/h5-6,8,14H,3-4,7H2,1-2H3,(H,13,15). The van der Waals surface area contributed by atoms with Crippen molar-refractivity contribution in [3.8, 4) is 0 Å². The predicted octanol–water partition coefficient (Wildman–Crippen LogP) is 1.89. The highest BCUT2D eigenvalue weighted by atomic mass is 32.2. The van der Waals surface area contributed by atoms with Gasteiger partial charge in [-0.05, 0) is 44.1 Å². The quantitative estimate of drug-likeness (QED) is 0.789. The molecule has 0 aliphatic heterocycles. The highest BCUT2D eigenvalue weighted by Gasteiger charge is 2.42. The Balaban J connectivity index is 2.05. The van der Waals surface area contributed by atoms with E-state index in [2.05, 4.69) is 5.32 Å². The van der Waals surface area contributed by atoms with Crippen LogP contribution in [0.4, 0.5) is 0 Å². The smallest absolute Gasteiger partial charge is 0.287 e. The van der Waals surface area contributed by atoms with Crippen molar-refractivity contribution in [2.75, 3.05) is 12.9 Å². The van der Waals surface area contributed by atoms with Gasteiger partial charge in [-0.3, -0.25) is 4.79 Å². The number of carbonyl (C=O) groups is 1. The third-order valence-electron chi connectivity index (χ3n) is 3.21. The molecule has 1 saturated carbocycles. The summed E-state index contributed by atoms with van der Waals surface area (Å²) in [5.41, 5.74) is -0.524. The van der Waals surface area contributed by atoms with E-state index in [-0.39, 0.29) is 12.5 Å². The first-order chi connectivity index (χ1) is 8.09. The largest absolute Gasteiger partial charge is 0.445 e. The maximum atomic E-state index is 12.0. The zero-order chi connectivity index (χ0) is 12.5. The molecule has 0 bridgehead atoms. The second-order valence-corrected chi connectivity index (χ2v) is 5.44. The Kier molecular flexibility index (Phi) is 3.49. The predicted molar refractivity (Wildman–Crippen MR) is 66.2 cm³/mol. The van der Waals surface area contributed by atoms with Crippen LogP contribution in [0.15, 0.2) is 21.6 Å². The van der Waals surface area contributed by atoms with Crippen molar-refractivity contribution in [3.63, 3.8) is 0 Å². The van der Waals surface area contributed by atoms with E-state index in [1.54, 1.807) is 12.1 Å². The molecular weight excluding hydrogens is 238 g/mol. The SMILES string of the molecule is CSc1ccc(C(=O)NC(C)(CO)C2CC2)o1. The van der Waals surface area contributed by atoms with Crippen LogP contribution in [0.1, 0.15) is 30.3 Å². The molecule has 1 aliphatic rings. The van der Waals surface area contributed by atoms with Crippen LogP contribution in [0.2, 0.25) is 0 Å². The molecule has 1 fully saturated rings. The number of hydrogen-bond acceptors (Lipinski definition) is 4. The summed E-state index contributed by atoms with van der Waals surface area (Å²) in [5, 5.41) is 13.0. The molecule has 1 aromatic rings. The summed E-state index contributed by atoms with van der Waals surface area (Å²) in [4.78, 5) is 12.0. The summed E-state index contributed by atoms with van der Waals surface area (Å²) in [7, 11) is 0. The average molecular weight is 255 g/mol. The van der Waals surface area contributed by atoms with Crippen molar-refractivity contribution in [2.45, 2.75) is 30.4 Å². The van der Waals surface area contributed by atoms with Gasteiger partial charge in [-0.25, -0.2) is 0 Å². The lowest BCUT2D eigenvalue weighted by molar-refractivity contribution is 0.0792. The summed E-state index contributed by atoms with van der Waals surface area (Å²) in [6, 6.07) is 3.43. The van der Waals surface area contributed by atoms with Crippen LogP contribution in [-0.4, -0.2) is 29.4 Å². The van der Waals surface area contributed by atoms with Crippen LogP contribution in [-0.2, 0) is 0 Å². The number of aliphatic hydroxyl groups excluding tert-OH is 1. The minimum Gasteiger partial charge on any atom is -0.445 e. The zero-order valence-electron chi connectivity index (χ0n) is 10.0. The first-order valence-corrected chi connectivity index (χ1v) is 6.89. The van der Waals surface area contributed by atoms with Gasteiger partial charge in [0.2, 0.25) is 0 Å². The number of amides is 1. The van der Waals surface area contributed by atoms with Crippen molar-refractivity contribution in [2.24, 2.45) is 5.92 Å². The van der Waals surface area contributed by atoms with Gasteiger partial charge < -0.3 is 14.8 Å². The molecule has 2 N–H and O–H groups in total. The molecule has 0 radical (unpaired) electrons.